The number of benzene rings is 2. The summed E-state index contributed by atoms with van der Waals surface area (Å²) in [6, 6.07) is 16.1. The van der Waals surface area contributed by atoms with E-state index in [2.05, 4.69) is 29.9 Å². The Morgan fingerprint density at radius 1 is 0.923 bits per heavy atom. The van der Waals surface area contributed by atoms with Gasteiger partial charge < -0.3 is 14.2 Å². The molecule has 0 spiro atoms. The minimum Gasteiger partial charge on any atom is -0.476 e. The molecular formula is C21H24N2O3. The van der Waals surface area contributed by atoms with Crippen molar-refractivity contribution in [2.24, 2.45) is 9.98 Å². The number of aryl methyl sites for hydroxylation is 2. The molecule has 5 heteroatoms. The van der Waals surface area contributed by atoms with Crippen molar-refractivity contribution in [3.05, 3.63) is 65.2 Å². The second kappa shape index (κ2) is 9.04. The Morgan fingerprint density at radius 3 is 2.35 bits per heavy atom. The highest BCUT2D eigenvalue weighted by Gasteiger charge is 2.12. The molecule has 0 N–H and O–H groups in total. The molecule has 0 bridgehead atoms. The molecule has 0 unspecified atom stereocenters. The van der Waals surface area contributed by atoms with Gasteiger partial charge in [0.25, 0.3) is 0 Å². The number of aliphatic imine (C=N–C) groups is 2. The molecule has 26 heavy (non-hydrogen) atoms. The van der Waals surface area contributed by atoms with Gasteiger partial charge >= 0.3 is 6.08 Å². The maximum Gasteiger partial charge on any atom is 0.389 e. The van der Waals surface area contributed by atoms with Gasteiger partial charge in [-0.1, -0.05) is 43.3 Å². The third kappa shape index (κ3) is 4.63. The van der Waals surface area contributed by atoms with E-state index in [1.165, 1.54) is 11.1 Å². The van der Waals surface area contributed by atoms with Crippen LogP contribution in [0.3, 0.4) is 0 Å². The van der Waals surface area contributed by atoms with Gasteiger partial charge in [-0.3, -0.25) is 0 Å². The van der Waals surface area contributed by atoms with Crippen LogP contribution in [0.4, 0.5) is 0 Å². The van der Waals surface area contributed by atoms with Crippen LogP contribution in [0.1, 0.15) is 23.6 Å². The van der Waals surface area contributed by atoms with Gasteiger partial charge in [0.05, 0.1) is 13.1 Å². The Hall–Kier alpha value is -2.82. The van der Waals surface area contributed by atoms with E-state index in [0.29, 0.717) is 19.2 Å². The zero-order chi connectivity index (χ0) is 18.2. The smallest absolute Gasteiger partial charge is 0.389 e. The molecule has 0 aromatic heterocycles. The van der Waals surface area contributed by atoms with Crippen LogP contribution in [0.2, 0.25) is 0 Å². The van der Waals surface area contributed by atoms with E-state index < -0.39 is 0 Å². The molecule has 0 fully saturated rings. The van der Waals surface area contributed by atoms with Crippen molar-refractivity contribution in [2.75, 3.05) is 26.3 Å². The fourth-order valence-corrected chi connectivity index (χ4v) is 2.68. The lowest BCUT2D eigenvalue weighted by Gasteiger charge is -2.08. The van der Waals surface area contributed by atoms with Crippen molar-refractivity contribution < 1.29 is 14.2 Å². The lowest BCUT2D eigenvalue weighted by Crippen LogP contribution is -2.09. The average Bonchev–Trinajstić information content (AvgIpc) is 3.37. The largest absolute Gasteiger partial charge is 0.476 e. The minimum absolute atomic E-state index is 0.394. The fourth-order valence-electron chi connectivity index (χ4n) is 2.68. The van der Waals surface area contributed by atoms with Crippen LogP contribution in [0.25, 0.3) is 0 Å². The van der Waals surface area contributed by atoms with E-state index in [1.807, 2.05) is 42.5 Å². The Kier molecular flexibility index (Phi) is 6.25. The van der Waals surface area contributed by atoms with Gasteiger partial charge in [-0.25, -0.2) is 9.98 Å². The van der Waals surface area contributed by atoms with Crippen molar-refractivity contribution in [1.82, 2.24) is 0 Å². The SMILES string of the molecule is CCc1ccccc1OC1=NCCO1.Cc1ccccc1C1=NCCO1. The first-order chi connectivity index (χ1) is 12.8. The summed E-state index contributed by atoms with van der Waals surface area (Å²) in [6.45, 7) is 7.01. The standard InChI is InChI=1S/C11H13NO2.C10H11NO/c1-2-9-5-3-4-6-10(9)14-11-12-7-8-13-11;1-8-4-2-3-5-9(8)10-11-6-7-12-10/h3-6H,2,7-8H2,1H3;2-5H,6-7H2,1H3. The molecule has 2 aromatic rings. The van der Waals surface area contributed by atoms with Gasteiger partial charge in [0.1, 0.15) is 19.0 Å². The molecule has 2 aromatic carbocycles. The number of nitrogens with zero attached hydrogens (tertiary/aromatic N) is 2. The summed E-state index contributed by atoms with van der Waals surface area (Å²) in [7, 11) is 0. The monoisotopic (exact) mass is 352 g/mol. The van der Waals surface area contributed by atoms with E-state index in [-0.39, 0.29) is 0 Å². The summed E-state index contributed by atoms with van der Waals surface area (Å²) in [5, 5.41) is 0. The highest BCUT2D eigenvalue weighted by molar-refractivity contribution is 5.96. The predicted octanol–water partition coefficient (Wildman–Crippen LogP) is 3.79. The maximum atomic E-state index is 5.53. The van der Waals surface area contributed by atoms with Crippen molar-refractivity contribution in [3.8, 4) is 5.75 Å². The molecule has 2 aliphatic heterocycles. The minimum atomic E-state index is 0.394. The molecule has 0 saturated heterocycles. The van der Waals surface area contributed by atoms with Crippen molar-refractivity contribution in [3.63, 3.8) is 0 Å². The van der Waals surface area contributed by atoms with E-state index in [0.717, 1.165) is 36.8 Å². The van der Waals surface area contributed by atoms with Gasteiger partial charge in [-0.05, 0) is 36.6 Å². The Labute approximate surface area is 154 Å². The molecular weight excluding hydrogens is 328 g/mol. The second-order valence-corrected chi connectivity index (χ2v) is 5.91. The molecule has 5 nitrogen and oxygen atoms in total. The third-order valence-corrected chi connectivity index (χ3v) is 4.07. The molecule has 0 saturated carbocycles. The molecule has 2 aliphatic rings. The summed E-state index contributed by atoms with van der Waals surface area (Å²) in [5.74, 6) is 1.64. The lowest BCUT2D eigenvalue weighted by atomic mass is 10.1. The van der Waals surface area contributed by atoms with Crippen LogP contribution < -0.4 is 4.74 Å². The summed E-state index contributed by atoms with van der Waals surface area (Å²) in [5.41, 5.74) is 3.51. The molecule has 2 heterocycles. The number of rotatable bonds is 3. The molecule has 0 radical (unpaired) electrons. The lowest BCUT2D eigenvalue weighted by molar-refractivity contribution is 0.273. The normalized spacial score (nSPS) is 15.2. The van der Waals surface area contributed by atoms with Crippen molar-refractivity contribution >= 4 is 12.0 Å². The highest BCUT2D eigenvalue weighted by atomic mass is 16.7. The number of hydrogen-bond acceptors (Lipinski definition) is 5. The summed E-state index contributed by atoms with van der Waals surface area (Å²) >= 11 is 0. The average molecular weight is 352 g/mol. The first-order valence-corrected chi connectivity index (χ1v) is 8.94. The summed E-state index contributed by atoms with van der Waals surface area (Å²) in [6.07, 6.45) is 1.34. The number of ether oxygens (including phenoxy) is 3. The number of para-hydroxylation sites is 1. The highest BCUT2D eigenvalue weighted by Crippen LogP contribution is 2.19. The van der Waals surface area contributed by atoms with E-state index in [9.17, 15) is 0 Å². The predicted molar refractivity (Wildman–Crippen MR) is 103 cm³/mol. The summed E-state index contributed by atoms with van der Waals surface area (Å²) < 4.78 is 16.1. The van der Waals surface area contributed by atoms with Crippen LogP contribution >= 0.6 is 0 Å². The van der Waals surface area contributed by atoms with Crippen LogP contribution in [0.15, 0.2) is 58.5 Å². The summed E-state index contributed by atoms with van der Waals surface area (Å²) in [4.78, 5) is 8.34. The van der Waals surface area contributed by atoms with Crippen LogP contribution in [0.5, 0.6) is 5.75 Å². The zero-order valence-corrected chi connectivity index (χ0v) is 15.3. The number of hydrogen-bond donors (Lipinski definition) is 0. The second-order valence-electron chi connectivity index (χ2n) is 5.91. The Bertz CT molecular complexity index is 799. The molecule has 0 amide bonds. The van der Waals surface area contributed by atoms with Crippen LogP contribution in [0, 0.1) is 6.92 Å². The van der Waals surface area contributed by atoms with E-state index in [1.54, 1.807) is 0 Å². The van der Waals surface area contributed by atoms with Gasteiger partial charge in [0, 0.05) is 5.56 Å². The van der Waals surface area contributed by atoms with Crippen molar-refractivity contribution in [1.29, 1.82) is 0 Å². The van der Waals surface area contributed by atoms with Crippen LogP contribution in [-0.4, -0.2) is 38.3 Å². The van der Waals surface area contributed by atoms with Crippen molar-refractivity contribution in [2.45, 2.75) is 20.3 Å². The molecule has 136 valence electrons. The van der Waals surface area contributed by atoms with Gasteiger partial charge in [-0.2, -0.15) is 0 Å². The van der Waals surface area contributed by atoms with Gasteiger partial charge in [0.15, 0.2) is 0 Å². The molecule has 0 atom stereocenters. The Morgan fingerprint density at radius 2 is 1.65 bits per heavy atom. The van der Waals surface area contributed by atoms with E-state index in [4.69, 9.17) is 14.2 Å². The third-order valence-electron chi connectivity index (χ3n) is 4.07. The Balaban J connectivity index is 0.000000152. The zero-order valence-electron chi connectivity index (χ0n) is 15.3. The van der Waals surface area contributed by atoms with Gasteiger partial charge in [-0.15, -0.1) is 0 Å². The topological polar surface area (TPSA) is 52.4 Å². The van der Waals surface area contributed by atoms with E-state index >= 15 is 0 Å². The first kappa shape index (κ1) is 18.0. The first-order valence-electron chi connectivity index (χ1n) is 8.94. The molecule has 0 aliphatic carbocycles. The fraction of sp³-hybridized carbons (Fsp3) is 0.333. The van der Waals surface area contributed by atoms with Gasteiger partial charge in [0.2, 0.25) is 5.90 Å². The maximum absolute atomic E-state index is 5.53. The van der Waals surface area contributed by atoms with Crippen LogP contribution in [-0.2, 0) is 15.9 Å². The molecule has 4 rings (SSSR count). The quantitative estimate of drug-likeness (QED) is 0.844.